The molecule has 2 N–H and O–H groups in total. The Morgan fingerprint density at radius 2 is 2.07 bits per heavy atom. The number of nitrogens with zero attached hydrogens (tertiary/aromatic N) is 1. The number of rotatable bonds is 4. The van der Waals surface area contributed by atoms with E-state index < -0.39 is 34.4 Å². The van der Waals surface area contributed by atoms with E-state index in [4.69, 9.17) is 4.74 Å². The molecule has 28 heavy (non-hydrogen) atoms. The van der Waals surface area contributed by atoms with Gasteiger partial charge in [-0.2, -0.15) is 0 Å². The molecule has 150 valence electrons. The first-order valence-corrected chi connectivity index (χ1v) is 9.21. The average molecular weight is 388 g/mol. The maximum atomic E-state index is 12.9. The number of esters is 1. The number of nitro groups is 1. The van der Waals surface area contributed by atoms with Crippen molar-refractivity contribution >= 4 is 17.7 Å². The quantitative estimate of drug-likeness (QED) is 0.462. The van der Waals surface area contributed by atoms with Crippen molar-refractivity contribution in [1.29, 1.82) is 0 Å². The lowest BCUT2D eigenvalue weighted by molar-refractivity contribution is -0.398. The Balaban J connectivity index is 1.91. The molecule has 1 aromatic rings. The Bertz CT molecular complexity index is 850. The monoisotopic (exact) mass is 388 g/mol. The second-order valence-corrected chi connectivity index (χ2v) is 7.35. The van der Waals surface area contributed by atoms with Crippen molar-refractivity contribution in [2.45, 2.75) is 51.7 Å². The highest BCUT2D eigenvalue weighted by atomic mass is 16.6. The van der Waals surface area contributed by atoms with Gasteiger partial charge in [0.1, 0.15) is 6.10 Å². The zero-order chi connectivity index (χ0) is 20.4. The highest BCUT2D eigenvalue weighted by Gasteiger charge is 2.34. The van der Waals surface area contributed by atoms with Gasteiger partial charge in [0.2, 0.25) is 0 Å². The number of nitrogens with one attached hydrogen (secondary N) is 2. The molecule has 0 spiro atoms. The van der Waals surface area contributed by atoms with Crippen molar-refractivity contribution in [3.63, 3.8) is 0 Å². The summed E-state index contributed by atoms with van der Waals surface area (Å²) < 4.78 is 5.68. The fourth-order valence-electron chi connectivity index (χ4n) is 3.77. The zero-order valence-corrected chi connectivity index (χ0v) is 15.7. The van der Waals surface area contributed by atoms with Crippen LogP contribution in [0.4, 0.5) is 10.5 Å². The van der Waals surface area contributed by atoms with E-state index in [0.29, 0.717) is 11.6 Å². The van der Waals surface area contributed by atoms with Crippen LogP contribution in [-0.4, -0.2) is 23.0 Å². The van der Waals surface area contributed by atoms with Gasteiger partial charge in [0.05, 0.1) is 16.5 Å². The van der Waals surface area contributed by atoms with Gasteiger partial charge in [-0.1, -0.05) is 25.5 Å². The van der Waals surface area contributed by atoms with Gasteiger partial charge in [0.25, 0.3) is 5.69 Å². The van der Waals surface area contributed by atoms with E-state index in [-0.39, 0.29) is 17.2 Å². The average Bonchev–Trinajstić information content (AvgIpc) is 2.61. The normalized spacial score (nSPS) is 24.9. The van der Waals surface area contributed by atoms with Crippen LogP contribution in [0.2, 0.25) is 0 Å². The largest absolute Gasteiger partial charge is 0.868 e. The van der Waals surface area contributed by atoms with Crippen molar-refractivity contribution in [3.05, 3.63) is 45.1 Å². The molecule has 1 heterocycles. The fourth-order valence-corrected chi connectivity index (χ4v) is 3.77. The van der Waals surface area contributed by atoms with E-state index >= 15 is 0 Å². The third-order valence-corrected chi connectivity index (χ3v) is 5.16. The molecular formula is C19H22N3O6-. The molecule has 0 bridgehead atoms. The number of ether oxygens (including phenoxy) is 1. The van der Waals surface area contributed by atoms with Crippen LogP contribution in [0.1, 0.15) is 51.1 Å². The molecule has 2 amide bonds. The Labute approximate surface area is 161 Å². The van der Waals surface area contributed by atoms with Gasteiger partial charge in [0.15, 0.2) is 0 Å². The Hall–Kier alpha value is -3.10. The highest BCUT2D eigenvalue weighted by Crippen LogP contribution is 2.34. The van der Waals surface area contributed by atoms with Crippen LogP contribution in [0.5, 0.6) is 5.75 Å². The summed E-state index contributed by atoms with van der Waals surface area (Å²) in [7, 11) is 0. The lowest BCUT2D eigenvalue weighted by Gasteiger charge is -2.31. The van der Waals surface area contributed by atoms with Crippen molar-refractivity contribution in [3.8, 4) is 5.75 Å². The van der Waals surface area contributed by atoms with Crippen molar-refractivity contribution in [1.82, 2.24) is 10.6 Å². The molecule has 0 aromatic heterocycles. The molecule has 0 radical (unpaired) electrons. The molecule has 9 nitrogen and oxygen atoms in total. The summed E-state index contributed by atoms with van der Waals surface area (Å²) in [6.07, 6.45) is 3.43. The SMILES string of the molecule is CC1=C(C(=O)O[C@@H]2CCC[C@@H](C)C2)[C@@H](c2ccc([O-])c([N+](=O)[O-])c2)NC(=O)N1. The van der Waals surface area contributed by atoms with Crippen LogP contribution >= 0.6 is 0 Å². The van der Waals surface area contributed by atoms with Crippen LogP contribution in [0.3, 0.4) is 0 Å². The molecule has 3 atom stereocenters. The zero-order valence-electron chi connectivity index (χ0n) is 15.7. The second-order valence-electron chi connectivity index (χ2n) is 7.35. The summed E-state index contributed by atoms with van der Waals surface area (Å²) in [5.74, 6) is -0.855. The van der Waals surface area contributed by atoms with Crippen LogP contribution in [0, 0.1) is 16.0 Å². The first-order valence-electron chi connectivity index (χ1n) is 9.21. The van der Waals surface area contributed by atoms with E-state index in [1.165, 1.54) is 6.07 Å². The first-order chi connectivity index (χ1) is 13.3. The van der Waals surface area contributed by atoms with Crippen molar-refractivity contribution < 1.29 is 24.4 Å². The van der Waals surface area contributed by atoms with E-state index in [9.17, 15) is 24.8 Å². The molecule has 9 heteroatoms. The van der Waals surface area contributed by atoms with E-state index in [1.807, 2.05) is 0 Å². The minimum atomic E-state index is -0.943. The molecule has 2 aliphatic rings. The van der Waals surface area contributed by atoms with Gasteiger partial charge in [-0.15, -0.1) is 0 Å². The standard InChI is InChI=1S/C19H23N3O6/c1-10-4-3-5-13(8-10)28-18(24)16-11(2)20-19(25)21-17(16)12-6-7-15(23)14(9-12)22(26)27/h6-7,9-10,13,17,23H,3-5,8H2,1-2H3,(H2,20,21,25)/p-1/t10-,13-,17-/m1/s1. The van der Waals surface area contributed by atoms with Gasteiger partial charge in [-0.25, -0.2) is 9.59 Å². The maximum absolute atomic E-state index is 12.9. The maximum Gasteiger partial charge on any atom is 0.338 e. The molecule has 1 aromatic carbocycles. The molecule has 1 aliphatic carbocycles. The molecule has 3 rings (SSSR count). The predicted molar refractivity (Wildman–Crippen MR) is 97.2 cm³/mol. The molecule has 1 fully saturated rings. The smallest absolute Gasteiger partial charge is 0.338 e. The summed E-state index contributed by atoms with van der Waals surface area (Å²) in [4.78, 5) is 35.1. The Kier molecular flexibility index (Phi) is 5.53. The molecule has 1 aliphatic heterocycles. The molecule has 0 saturated heterocycles. The first kappa shape index (κ1) is 19.7. The lowest BCUT2D eigenvalue weighted by Crippen LogP contribution is -2.45. The number of benzene rings is 1. The van der Waals surface area contributed by atoms with Crippen LogP contribution in [0.25, 0.3) is 0 Å². The van der Waals surface area contributed by atoms with Crippen LogP contribution in [0.15, 0.2) is 29.5 Å². The van der Waals surface area contributed by atoms with Gasteiger partial charge < -0.3 is 20.5 Å². The summed E-state index contributed by atoms with van der Waals surface area (Å²) in [5.41, 5.74) is 0.142. The summed E-state index contributed by atoms with van der Waals surface area (Å²) in [6, 6.07) is 2.03. The number of hydrogen-bond acceptors (Lipinski definition) is 6. The predicted octanol–water partition coefficient (Wildman–Crippen LogP) is 2.42. The summed E-state index contributed by atoms with van der Waals surface area (Å²) >= 11 is 0. The number of nitro benzene ring substituents is 1. The van der Waals surface area contributed by atoms with Crippen LogP contribution in [-0.2, 0) is 9.53 Å². The van der Waals surface area contributed by atoms with Crippen LogP contribution < -0.4 is 15.7 Å². The minimum Gasteiger partial charge on any atom is -0.868 e. The number of carbonyl (C=O) groups excluding carboxylic acids is 2. The van der Waals surface area contributed by atoms with Gasteiger partial charge in [-0.3, -0.25) is 10.1 Å². The fraction of sp³-hybridized carbons (Fsp3) is 0.474. The number of amides is 2. The Morgan fingerprint density at radius 1 is 1.32 bits per heavy atom. The summed E-state index contributed by atoms with van der Waals surface area (Å²) in [6.45, 7) is 3.68. The second kappa shape index (κ2) is 7.87. The summed E-state index contributed by atoms with van der Waals surface area (Å²) in [5, 5.41) is 27.9. The number of hydrogen-bond donors (Lipinski definition) is 2. The topological polar surface area (TPSA) is 134 Å². The van der Waals surface area contributed by atoms with Gasteiger partial charge in [0, 0.05) is 11.8 Å². The minimum absolute atomic E-state index is 0.172. The molecule has 1 saturated carbocycles. The van der Waals surface area contributed by atoms with E-state index in [0.717, 1.165) is 37.8 Å². The number of carbonyl (C=O) groups is 2. The Morgan fingerprint density at radius 3 is 2.75 bits per heavy atom. The molecule has 0 unspecified atom stereocenters. The van der Waals surface area contributed by atoms with Crippen molar-refractivity contribution in [2.75, 3.05) is 0 Å². The van der Waals surface area contributed by atoms with Gasteiger partial charge in [-0.05, 0) is 43.4 Å². The third kappa shape index (κ3) is 4.08. The van der Waals surface area contributed by atoms with E-state index in [1.54, 1.807) is 6.92 Å². The number of urea groups is 1. The van der Waals surface area contributed by atoms with Crippen molar-refractivity contribution in [2.24, 2.45) is 5.92 Å². The lowest BCUT2D eigenvalue weighted by atomic mass is 9.88. The molecular weight excluding hydrogens is 366 g/mol. The highest BCUT2D eigenvalue weighted by molar-refractivity contribution is 5.95. The number of allylic oxidation sites excluding steroid dienone is 1. The third-order valence-electron chi connectivity index (χ3n) is 5.16. The van der Waals surface area contributed by atoms with Gasteiger partial charge >= 0.3 is 12.0 Å². The van der Waals surface area contributed by atoms with E-state index in [2.05, 4.69) is 17.6 Å².